The molecule has 0 aliphatic heterocycles. The van der Waals surface area contributed by atoms with Crippen LogP contribution in [0.3, 0.4) is 0 Å². The zero-order chi connectivity index (χ0) is 11.9. The SMILES string of the molecule is O=N/C=C\C=C(/C=C1CC1)Oc1ccccc1. The quantitative estimate of drug-likeness (QED) is 0.434. The Balaban J connectivity index is 2.10. The second kappa shape index (κ2) is 5.80. The molecule has 0 radical (unpaired) electrons. The number of rotatable bonds is 5. The van der Waals surface area contributed by atoms with Gasteiger partial charge in [-0.15, -0.1) is 4.91 Å². The molecule has 17 heavy (non-hydrogen) atoms. The molecule has 86 valence electrons. The molecule has 0 N–H and O–H groups in total. The van der Waals surface area contributed by atoms with Crippen LogP contribution < -0.4 is 4.74 Å². The third-order valence-corrected chi connectivity index (χ3v) is 2.27. The lowest BCUT2D eigenvalue weighted by molar-refractivity contribution is 0.444. The minimum absolute atomic E-state index is 0.726. The minimum Gasteiger partial charge on any atom is -0.457 e. The van der Waals surface area contributed by atoms with E-state index in [-0.39, 0.29) is 0 Å². The van der Waals surface area contributed by atoms with E-state index in [9.17, 15) is 4.91 Å². The van der Waals surface area contributed by atoms with Crippen molar-refractivity contribution in [1.29, 1.82) is 0 Å². The van der Waals surface area contributed by atoms with Crippen molar-refractivity contribution < 1.29 is 4.74 Å². The number of para-hydroxylation sites is 1. The lowest BCUT2D eigenvalue weighted by atomic mass is 10.3. The van der Waals surface area contributed by atoms with Crippen molar-refractivity contribution >= 4 is 0 Å². The first-order chi connectivity index (χ1) is 8.38. The van der Waals surface area contributed by atoms with Crippen molar-refractivity contribution in [1.82, 2.24) is 0 Å². The van der Waals surface area contributed by atoms with E-state index in [1.807, 2.05) is 36.4 Å². The summed E-state index contributed by atoms with van der Waals surface area (Å²) in [6.45, 7) is 0. The topological polar surface area (TPSA) is 38.7 Å². The Morgan fingerprint density at radius 3 is 2.65 bits per heavy atom. The summed E-state index contributed by atoms with van der Waals surface area (Å²) in [5, 5.41) is 2.66. The Labute approximate surface area is 100 Å². The van der Waals surface area contributed by atoms with E-state index in [1.165, 1.54) is 11.8 Å². The van der Waals surface area contributed by atoms with Gasteiger partial charge in [0.2, 0.25) is 0 Å². The van der Waals surface area contributed by atoms with E-state index in [0.29, 0.717) is 0 Å². The second-order valence-corrected chi connectivity index (χ2v) is 3.73. The van der Waals surface area contributed by atoms with Crippen LogP contribution in [0.15, 0.2) is 71.3 Å². The van der Waals surface area contributed by atoms with Gasteiger partial charge in [-0.05, 0) is 48.4 Å². The van der Waals surface area contributed by atoms with Gasteiger partial charge in [0.05, 0.1) is 6.20 Å². The molecule has 1 aliphatic carbocycles. The van der Waals surface area contributed by atoms with E-state index < -0.39 is 0 Å². The summed E-state index contributed by atoms with van der Waals surface area (Å²) in [6, 6.07) is 9.55. The highest BCUT2D eigenvalue weighted by Crippen LogP contribution is 2.29. The monoisotopic (exact) mass is 227 g/mol. The van der Waals surface area contributed by atoms with Gasteiger partial charge in [0.25, 0.3) is 0 Å². The lowest BCUT2D eigenvalue weighted by Gasteiger charge is -2.05. The zero-order valence-electron chi connectivity index (χ0n) is 9.37. The highest BCUT2D eigenvalue weighted by atomic mass is 16.5. The van der Waals surface area contributed by atoms with Crippen LogP contribution in [0, 0.1) is 4.91 Å². The van der Waals surface area contributed by atoms with Crippen LogP contribution in [0.2, 0.25) is 0 Å². The van der Waals surface area contributed by atoms with Gasteiger partial charge in [-0.25, -0.2) is 0 Å². The van der Waals surface area contributed by atoms with Crippen LogP contribution >= 0.6 is 0 Å². The average molecular weight is 227 g/mol. The summed E-state index contributed by atoms with van der Waals surface area (Å²) in [6.07, 6.45) is 8.77. The molecule has 3 nitrogen and oxygen atoms in total. The van der Waals surface area contributed by atoms with Gasteiger partial charge in [0, 0.05) is 0 Å². The van der Waals surface area contributed by atoms with Crippen molar-refractivity contribution in [2.75, 3.05) is 0 Å². The molecular formula is C14H13NO2. The van der Waals surface area contributed by atoms with Gasteiger partial charge < -0.3 is 4.74 Å². The number of hydrogen-bond donors (Lipinski definition) is 0. The Morgan fingerprint density at radius 1 is 1.24 bits per heavy atom. The summed E-state index contributed by atoms with van der Waals surface area (Å²) in [5.74, 6) is 1.51. The maximum absolute atomic E-state index is 9.96. The number of hydrogen-bond acceptors (Lipinski definition) is 3. The summed E-state index contributed by atoms with van der Waals surface area (Å²) >= 11 is 0. The number of allylic oxidation sites excluding steroid dienone is 4. The molecule has 0 atom stereocenters. The number of ether oxygens (including phenoxy) is 1. The molecule has 1 saturated carbocycles. The van der Waals surface area contributed by atoms with Gasteiger partial charge in [0.15, 0.2) is 0 Å². The Kier molecular flexibility index (Phi) is 3.86. The zero-order valence-corrected chi connectivity index (χ0v) is 9.37. The molecule has 2 rings (SSSR count). The number of nitrogens with zero attached hydrogens (tertiary/aromatic N) is 1. The first kappa shape index (κ1) is 11.3. The van der Waals surface area contributed by atoms with Crippen molar-refractivity contribution in [2.45, 2.75) is 12.8 Å². The van der Waals surface area contributed by atoms with E-state index in [0.717, 1.165) is 24.4 Å². The Bertz CT molecular complexity index is 466. The first-order valence-electron chi connectivity index (χ1n) is 5.50. The average Bonchev–Trinajstić information content (AvgIpc) is 3.14. The smallest absolute Gasteiger partial charge is 0.127 e. The van der Waals surface area contributed by atoms with Crippen molar-refractivity contribution in [2.24, 2.45) is 5.18 Å². The predicted octanol–water partition coefficient (Wildman–Crippen LogP) is 3.95. The van der Waals surface area contributed by atoms with E-state index in [1.54, 1.807) is 12.2 Å². The molecule has 0 bridgehead atoms. The van der Waals surface area contributed by atoms with Gasteiger partial charge >= 0.3 is 0 Å². The molecule has 0 aromatic heterocycles. The predicted molar refractivity (Wildman–Crippen MR) is 67.4 cm³/mol. The molecule has 3 heteroatoms. The standard InChI is InChI=1S/C14H13NO2/c16-15-10-4-7-14(11-12-8-9-12)17-13-5-2-1-3-6-13/h1-7,10-11H,8-9H2/b10-4-,14-7+. The molecule has 0 unspecified atom stereocenters. The first-order valence-corrected chi connectivity index (χ1v) is 5.50. The summed E-state index contributed by atoms with van der Waals surface area (Å²) in [5.41, 5.74) is 1.36. The van der Waals surface area contributed by atoms with Crippen LogP contribution in [0.4, 0.5) is 0 Å². The fourth-order valence-corrected chi connectivity index (χ4v) is 1.33. The van der Waals surface area contributed by atoms with E-state index in [4.69, 9.17) is 4.74 Å². The second-order valence-electron chi connectivity index (χ2n) is 3.73. The van der Waals surface area contributed by atoms with Gasteiger partial charge in [-0.3, -0.25) is 0 Å². The Hall–Kier alpha value is -2.16. The molecule has 0 heterocycles. The summed E-state index contributed by atoms with van der Waals surface area (Å²) < 4.78 is 5.70. The normalized spacial score (nSPS) is 14.8. The van der Waals surface area contributed by atoms with Crippen LogP contribution in [-0.2, 0) is 0 Å². The number of benzene rings is 1. The highest BCUT2D eigenvalue weighted by Gasteiger charge is 2.11. The van der Waals surface area contributed by atoms with E-state index >= 15 is 0 Å². The molecular weight excluding hydrogens is 214 g/mol. The van der Waals surface area contributed by atoms with Crippen molar-refractivity contribution in [3.8, 4) is 5.75 Å². The van der Waals surface area contributed by atoms with Crippen LogP contribution in [0.25, 0.3) is 0 Å². The van der Waals surface area contributed by atoms with Crippen LogP contribution in [0.1, 0.15) is 12.8 Å². The van der Waals surface area contributed by atoms with Gasteiger partial charge in [-0.1, -0.05) is 23.8 Å². The molecule has 0 amide bonds. The lowest BCUT2D eigenvalue weighted by Crippen LogP contribution is -1.91. The third kappa shape index (κ3) is 4.07. The molecule has 1 aliphatic rings. The van der Waals surface area contributed by atoms with Crippen LogP contribution in [0.5, 0.6) is 5.75 Å². The Morgan fingerprint density at radius 2 is 2.00 bits per heavy atom. The molecule has 1 aromatic rings. The fraction of sp³-hybridized carbons (Fsp3) is 0.143. The molecule has 0 spiro atoms. The van der Waals surface area contributed by atoms with Crippen molar-refractivity contribution in [3.63, 3.8) is 0 Å². The van der Waals surface area contributed by atoms with Crippen molar-refractivity contribution in [3.05, 3.63) is 71.0 Å². The summed E-state index contributed by atoms with van der Waals surface area (Å²) in [7, 11) is 0. The number of nitroso groups, excluding NO2 is 1. The van der Waals surface area contributed by atoms with Gasteiger partial charge in [-0.2, -0.15) is 0 Å². The molecule has 1 aromatic carbocycles. The van der Waals surface area contributed by atoms with Gasteiger partial charge in [0.1, 0.15) is 11.5 Å². The maximum Gasteiger partial charge on any atom is 0.127 e. The van der Waals surface area contributed by atoms with E-state index in [2.05, 4.69) is 5.18 Å². The third-order valence-electron chi connectivity index (χ3n) is 2.27. The minimum atomic E-state index is 0.726. The highest BCUT2D eigenvalue weighted by molar-refractivity contribution is 5.33. The maximum atomic E-state index is 9.96. The summed E-state index contributed by atoms with van der Waals surface area (Å²) in [4.78, 5) is 9.96. The largest absolute Gasteiger partial charge is 0.457 e. The fourth-order valence-electron chi connectivity index (χ4n) is 1.33. The molecule has 1 fully saturated rings. The molecule has 0 saturated heterocycles. The van der Waals surface area contributed by atoms with Crippen LogP contribution in [-0.4, -0.2) is 0 Å².